The third-order valence-corrected chi connectivity index (χ3v) is 6.33. The number of thioether (sulfide) groups is 1. The Labute approximate surface area is 164 Å². The number of methoxy groups -OCH3 is 1. The Morgan fingerprint density at radius 1 is 1.38 bits per heavy atom. The molecule has 1 aliphatic heterocycles. The number of aliphatic imine (C=N–C) groups is 1. The Balaban J connectivity index is 1.58. The first kappa shape index (κ1) is 21.2. The van der Waals surface area contributed by atoms with E-state index in [4.69, 9.17) is 9.73 Å². The molecule has 2 rings (SSSR count). The van der Waals surface area contributed by atoms with Crippen molar-refractivity contribution in [3.8, 4) is 0 Å². The van der Waals surface area contributed by atoms with Crippen molar-refractivity contribution < 1.29 is 4.74 Å². The Bertz CT molecular complexity index is 561. The van der Waals surface area contributed by atoms with E-state index in [0.29, 0.717) is 12.1 Å². The van der Waals surface area contributed by atoms with Crippen molar-refractivity contribution in [2.45, 2.75) is 64.5 Å². The minimum absolute atomic E-state index is 0.296. The summed E-state index contributed by atoms with van der Waals surface area (Å²) in [5.74, 6) is 2.79. The van der Waals surface area contributed by atoms with E-state index in [2.05, 4.69) is 50.8 Å². The van der Waals surface area contributed by atoms with Crippen molar-refractivity contribution in [1.82, 2.24) is 0 Å². The molecular formula is C23H35NOS. The zero-order valence-electron chi connectivity index (χ0n) is 16.7. The minimum Gasteiger partial charge on any atom is -0.381 e. The van der Waals surface area contributed by atoms with Gasteiger partial charge in [-0.3, -0.25) is 4.99 Å². The predicted molar refractivity (Wildman–Crippen MR) is 117 cm³/mol. The lowest BCUT2D eigenvalue weighted by molar-refractivity contribution is 0.0981. The summed E-state index contributed by atoms with van der Waals surface area (Å²) in [7, 11) is 1.78. The van der Waals surface area contributed by atoms with Gasteiger partial charge in [-0.05, 0) is 51.4 Å². The number of hydrogen-bond acceptors (Lipinski definition) is 3. The van der Waals surface area contributed by atoms with Gasteiger partial charge in [0.25, 0.3) is 0 Å². The molecule has 0 aromatic heterocycles. The van der Waals surface area contributed by atoms with Gasteiger partial charge in [0.15, 0.2) is 0 Å². The Kier molecular flexibility index (Phi) is 9.49. The maximum absolute atomic E-state index is 5.45. The third-order valence-electron chi connectivity index (χ3n) is 5.12. The summed E-state index contributed by atoms with van der Waals surface area (Å²) < 4.78 is 5.45. The van der Waals surface area contributed by atoms with Gasteiger partial charge in [0, 0.05) is 18.8 Å². The summed E-state index contributed by atoms with van der Waals surface area (Å²) in [6.07, 6.45) is 20.1. The molecule has 0 amide bonds. The second-order valence-electron chi connectivity index (χ2n) is 7.53. The molecule has 0 bridgehead atoms. The lowest BCUT2D eigenvalue weighted by atomic mass is 10.1. The van der Waals surface area contributed by atoms with E-state index >= 15 is 0 Å². The smallest absolute Gasteiger partial charge is 0.0783 e. The zero-order chi connectivity index (χ0) is 18.8. The summed E-state index contributed by atoms with van der Waals surface area (Å²) >= 11 is 1.97. The van der Waals surface area contributed by atoms with Gasteiger partial charge in [-0.25, -0.2) is 0 Å². The summed E-state index contributed by atoms with van der Waals surface area (Å²) in [4.78, 5) is 4.86. The fraction of sp³-hybridized carbons (Fsp3) is 0.609. The number of hydrogen-bond donors (Lipinski definition) is 0. The summed E-state index contributed by atoms with van der Waals surface area (Å²) in [6, 6.07) is 0.415. The Hall–Kier alpha value is -1.06. The summed E-state index contributed by atoms with van der Waals surface area (Å²) in [5.41, 5.74) is 1.40. The van der Waals surface area contributed by atoms with Gasteiger partial charge in [-0.15, -0.1) is 18.3 Å². The zero-order valence-corrected chi connectivity index (χ0v) is 17.5. The molecule has 0 aromatic rings. The van der Waals surface area contributed by atoms with Crippen LogP contribution in [-0.4, -0.2) is 30.1 Å². The molecule has 1 aliphatic carbocycles. The van der Waals surface area contributed by atoms with Gasteiger partial charge < -0.3 is 4.74 Å². The fourth-order valence-corrected chi connectivity index (χ4v) is 4.42. The highest BCUT2D eigenvalue weighted by Gasteiger charge is 2.39. The molecule has 144 valence electrons. The van der Waals surface area contributed by atoms with Gasteiger partial charge in [0.2, 0.25) is 0 Å². The summed E-state index contributed by atoms with van der Waals surface area (Å²) in [6.45, 7) is 8.31. The van der Waals surface area contributed by atoms with Crippen LogP contribution in [0.15, 0.2) is 53.6 Å². The van der Waals surface area contributed by atoms with E-state index in [1.165, 1.54) is 17.0 Å². The van der Waals surface area contributed by atoms with Gasteiger partial charge in [-0.1, -0.05) is 49.0 Å². The topological polar surface area (TPSA) is 21.6 Å². The third kappa shape index (κ3) is 7.67. The van der Waals surface area contributed by atoms with Crippen LogP contribution < -0.4 is 0 Å². The molecule has 1 saturated carbocycles. The van der Waals surface area contributed by atoms with E-state index in [1.807, 2.05) is 17.8 Å². The SMILES string of the molecule is C=CC[C@H](CC/C(C)=C\C=C\CC/C=C\[C@H]1CSC([C@H]2C[C@H]2C)=N1)OC. The standard InChI is InChI=1S/C23H35NOS/c1-5-11-21(25-4)15-14-18(2)12-9-7-6-8-10-13-20-17-26-23(24-20)22-16-19(22)3/h5,7,9-10,12-13,19-22H,1,6,8,11,14-17H2,2-4H3/b9-7+,13-10-,18-12-/t19-,20+,21-,22+/m1/s1. The van der Waals surface area contributed by atoms with Crippen molar-refractivity contribution in [3.05, 3.63) is 48.6 Å². The molecular weight excluding hydrogens is 338 g/mol. The van der Waals surface area contributed by atoms with Crippen molar-refractivity contribution in [2.75, 3.05) is 12.9 Å². The lowest BCUT2D eigenvalue weighted by Crippen LogP contribution is -2.08. The molecule has 0 N–H and O–H groups in total. The van der Waals surface area contributed by atoms with Gasteiger partial charge >= 0.3 is 0 Å². The van der Waals surface area contributed by atoms with Crippen LogP contribution in [-0.2, 0) is 4.74 Å². The van der Waals surface area contributed by atoms with E-state index in [0.717, 1.165) is 49.7 Å². The number of unbranched alkanes of at least 4 members (excludes halogenated alkanes) is 1. The monoisotopic (exact) mass is 373 g/mol. The summed E-state index contributed by atoms with van der Waals surface area (Å²) in [5, 5.41) is 1.41. The van der Waals surface area contributed by atoms with Gasteiger partial charge in [0.05, 0.1) is 17.2 Å². The molecule has 0 radical (unpaired) electrons. The number of nitrogens with zero attached hydrogens (tertiary/aromatic N) is 1. The molecule has 0 unspecified atom stereocenters. The van der Waals surface area contributed by atoms with Crippen LogP contribution in [0.5, 0.6) is 0 Å². The molecule has 1 heterocycles. The largest absolute Gasteiger partial charge is 0.381 e. The second kappa shape index (κ2) is 11.6. The molecule has 0 spiro atoms. The average molecular weight is 374 g/mol. The van der Waals surface area contributed by atoms with Crippen LogP contribution in [0, 0.1) is 11.8 Å². The lowest BCUT2D eigenvalue weighted by Gasteiger charge is -2.12. The molecule has 0 aromatic carbocycles. The Morgan fingerprint density at radius 3 is 2.85 bits per heavy atom. The molecule has 26 heavy (non-hydrogen) atoms. The quantitative estimate of drug-likeness (QED) is 0.225. The molecule has 0 saturated heterocycles. The first-order valence-corrected chi connectivity index (χ1v) is 11.0. The Morgan fingerprint density at radius 2 is 2.15 bits per heavy atom. The average Bonchev–Trinajstić information content (AvgIpc) is 3.18. The highest BCUT2D eigenvalue weighted by atomic mass is 32.2. The predicted octanol–water partition coefficient (Wildman–Crippen LogP) is 6.37. The van der Waals surface area contributed by atoms with Crippen molar-refractivity contribution >= 4 is 16.8 Å². The van der Waals surface area contributed by atoms with Crippen LogP contribution in [0.2, 0.25) is 0 Å². The highest BCUT2D eigenvalue weighted by molar-refractivity contribution is 8.14. The number of allylic oxidation sites excluding steroid dienone is 5. The first-order valence-electron chi connectivity index (χ1n) is 9.97. The molecule has 3 heteroatoms. The maximum Gasteiger partial charge on any atom is 0.0783 e. The van der Waals surface area contributed by atoms with E-state index in [1.54, 1.807) is 7.11 Å². The van der Waals surface area contributed by atoms with Crippen molar-refractivity contribution in [1.29, 1.82) is 0 Å². The van der Waals surface area contributed by atoms with Crippen LogP contribution in [0.1, 0.15) is 52.4 Å². The van der Waals surface area contributed by atoms with Crippen LogP contribution >= 0.6 is 11.8 Å². The van der Waals surface area contributed by atoms with Crippen LogP contribution in [0.4, 0.5) is 0 Å². The van der Waals surface area contributed by atoms with E-state index in [-0.39, 0.29) is 0 Å². The first-order chi connectivity index (χ1) is 12.6. The minimum atomic E-state index is 0.296. The van der Waals surface area contributed by atoms with E-state index in [9.17, 15) is 0 Å². The molecule has 2 nitrogen and oxygen atoms in total. The fourth-order valence-electron chi connectivity index (χ4n) is 3.14. The van der Waals surface area contributed by atoms with Gasteiger partial charge in [0.1, 0.15) is 0 Å². The number of ether oxygens (including phenoxy) is 1. The molecule has 4 atom stereocenters. The molecule has 2 aliphatic rings. The van der Waals surface area contributed by atoms with E-state index < -0.39 is 0 Å². The van der Waals surface area contributed by atoms with Crippen LogP contribution in [0.25, 0.3) is 0 Å². The number of rotatable bonds is 12. The normalized spacial score (nSPS) is 27.3. The van der Waals surface area contributed by atoms with Crippen molar-refractivity contribution in [2.24, 2.45) is 16.8 Å². The highest BCUT2D eigenvalue weighted by Crippen LogP contribution is 2.44. The van der Waals surface area contributed by atoms with Gasteiger partial charge in [-0.2, -0.15) is 0 Å². The maximum atomic E-state index is 5.45. The van der Waals surface area contributed by atoms with Crippen LogP contribution in [0.3, 0.4) is 0 Å². The van der Waals surface area contributed by atoms with Crippen molar-refractivity contribution in [3.63, 3.8) is 0 Å². The molecule has 1 fully saturated rings. The second-order valence-corrected chi connectivity index (χ2v) is 8.57.